The SMILES string of the molecule is O=C(Nc1ccc(-c2ncco2)cc1)NC1CCOC(C2CC2)C1. The van der Waals surface area contributed by atoms with E-state index in [0.717, 1.165) is 30.7 Å². The molecule has 1 aromatic heterocycles. The van der Waals surface area contributed by atoms with Gasteiger partial charge in [-0.05, 0) is 55.9 Å². The fourth-order valence-electron chi connectivity index (χ4n) is 3.17. The highest BCUT2D eigenvalue weighted by Crippen LogP contribution is 2.38. The fraction of sp³-hybridized carbons (Fsp3) is 0.444. The van der Waals surface area contributed by atoms with E-state index in [0.29, 0.717) is 17.9 Å². The quantitative estimate of drug-likeness (QED) is 0.902. The van der Waals surface area contributed by atoms with E-state index in [2.05, 4.69) is 15.6 Å². The molecule has 2 unspecified atom stereocenters. The molecular weight excluding hydrogens is 306 g/mol. The van der Waals surface area contributed by atoms with Crippen LogP contribution in [0.25, 0.3) is 11.5 Å². The molecule has 1 saturated heterocycles. The van der Waals surface area contributed by atoms with E-state index < -0.39 is 0 Å². The standard InChI is InChI=1S/C18H21N3O3/c22-18(21-15-7-9-23-16(11-15)12-1-2-12)20-14-5-3-13(4-6-14)17-19-8-10-24-17/h3-6,8,10,12,15-16H,1-2,7,9,11H2,(H2,20,21,22). The first-order valence-corrected chi connectivity index (χ1v) is 8.47. The summed E-state index contributed by atoms with van der Waals surface area (Å²) in [5.41, 5.74) is 1.62. The number of nitrogens with zero attached hydrogens (tertiary/aromatic N) is 1. The molecule has 1 aromatic carbocycles. The molecule has 126 valence electrons. The number of carbonyl (C=O) groups excluding carboxylic acids is 1. The normalized spacial score (nSPS) is 23.7. The van der Waals surface area contributed by atoms with E-state index in [4.69, 9.17) is 9.15 Å². The van der Waals surface area contributed by atoms with Crippen molar-refractivity contribution in [3.05, 3.63) is 36.7 Å². The predicted octanol–water partition coefficient (Wildman–Crippen LogP) is 3.42. The van der Waals surface area contributed by atoms with E-state index >= 15 is 0 Å². The molecule has 6 heteroatoms. The van der Waals surface area contributed by atoms with Crippen LogP contribution in [0.15, 0.2) is 41.1 Å². The van der Waals surface area contributed by atoms with E-state index in [9.17, 15) is 4.79 Å². The van der Waals surface area contributed by atoms with Crippen molar-refractivity contribution in [2.75, 3.05) is 11.9 Å². The van der Waals surface area contributed by atoms with Gasteiger partial charge in [-0.1, -0.05) is 0 Å². The lowest BCUT2D eigenvalue weighted by Crippen LogP contribution is -2.44. The average Bonchev–Trinajstić information content (AvgIpc) is 3.31. The van der Waals surface area contributed by atoms with Crippen molar-refractivity contribution in [2.45, 2.75) is 37.8 Å². The molecular formula is C18H21N3O3. The number of ether oxygens (including phenoxy) is 1. The third-order valence-corrected chi connectivity index (χ3v) is 4.62. The Morgan fingerprint density at radius 3 is 2.71 bits per heavy atom. The van der Waals surface area contributed by atoms with Crippen molar-refractivity contribution in [1.29, 1.82) is 0 Å². The Balaban J connectivity index is 1.30. The molecule has 0 spiro atoms. The molecule has 2 fully saturated rings. The number of urea groups is 1. The molecule has 0 bridgehead atoms. The molecule has 6 nitrogen and oxygen atoms in total. The van der Waals surface area contributed by atoms with Gasteiger partial charge >= 0.3 is 6.03 Å². The summed E-state index contributed by atoms with van der Waals surface area (Å²) in [5, 5.41) is 5.94. The van der Waals surface area contributed by atoms with Crippen molar-refractivity contribution in [3.8, 4) is 11.5 Å². The first-order valence-electron chi connectivity index (χ1n) is 8.47. The molecule has 2 atom stereocenters. The lowest BCUT2D eigenvalue weighted by molar-refractivity contribution is -0.00889. The summed E-state index contributed by atoms with van der Waals surface area (Å²) in [6.45, 7) is 0.733. The van der Waals surface area contributed by atoms with Crippen molar-refractivity contribution in [2.24, 2.45) is 5.92 Å². The zero-order chi connectivity index (χ0) is 16.4. The van der Waals surface area contributed by atoms with Crippen molar-refractivity contribution in [3.63, 3.8) is 0 Å². The summed E-state index contributed by atoms with van der Waals surface area (Å²) in [7, 11) is 0. The van der Waals surface area contributed by atoms with Crippen LogP contribution in [0, 0.1) is 5.92 Å². The smallest absolute Gasteiger partial charge is 0.319 e. The van der Waals surface area contributed by atoms with Gasteiger partial charge in [-0.15, -0.1) is 0 Å². The van der Waals surface area contributed by atoms with E-state index in [1.165, 1.54) is 19.1 Å². The van der Waals surface area contributed by atoms with Crippen LogP contribution in [0.1, 0.15) is 25.7 Å². The van der Waals surface area contributed by atoms with Gasteiger partial charge in [-0.3, -0.25) is 0 Å². The molecule has 1 aliphatic heterocycles. The summed E-state index contributed by atoms with van der Waals surface area (Å²) in [4.78, 5) is 16.3. The Morgan fingerprint density at radius 2 is 2.00 bits per heavy atom. The van der Waals surface area contributed by atoms with Gasteiger partial charge in [0, 0.05) is 23.9 Å². The van der Waals surface area contributed by atoms with Crippen LogP contribution in [0.4, 0.5) is 10.5 Å². The molecule has 1 saturated carbocycles. The van der Waals surface area contributed by atoms with Crippen molar-refractivity contribution >= 4 is 11.7 Å². The summed E-state index contributed by atoms with van der Waals surface area (Å²) < 4.78 is 11.0. The van der Waals surface area contributed by atoms with Crippen LogP contribution in [-0.4, -0.2) is 29.8 Å². The minimum atomic E-state index is -0.166. The Labute approximate surface area is 140 Å². The second kappa shape index (κ2) is 6.65. The van der Waals surface area contributed by atoms with Crippen LogP contribution in [0.2, 0.25) is 0 Å². The minimum absolute atomic E-state index is 0.166. The Hall–Kier alpha value is -2.34. The number of oxazole rings is 1. The molecule has 2 aromatic rings. The highest BCUT2D eigenvalue weighted by Gasteiger charge is 2.36. The number of amides is 2. The molecule has 1 aliphatic carbocycles. The first kappa shape index (κ1) is 15.2. The summed E-state index contributed by atoms with van der Waals surface area (Å²) in [6, 6.07) is 7.46. The highest BCUT2D eigenvalue weighted by atomic mass is 16.5. The van der Waals surface area contributed by atoms with Crippen LogP contribution in [-0.2, 0) is 4.74 Å². The van der Waals surface area contributed by atoms with Gasteiger partial charge in [-0.25, -0.2) is 9.78 Å². The predicted molar refractivity (Wildman–Crippen MR) is 89.6 cm³/mol. The Bertz CT molecular complexity index is 680. The summed E-state index contributed by atoms with van der Waals surface area (Å²) >= 11 is 0. The van der Waals surface area contributed by atoms with Gasteiger partial charge in [0.25, 0.3) is 0 Å². The number of benzene rings is 1. The van der Waals surface area contributed by atoms with Gasteiger partial charge in [0.2, 0.25) is 5.89 Å². The molecule has 4 rings (SSSR count). The fourth-order valence-corrected chi connectivity index (χ4v) is 3.17. The maximum atomic E-state index is 12.2. The molecule has 0 radical (unpaired) electrons. The van der Waals surface area contributed by atoms with Crippen LogP contribution < -0.4 is 10.6 Å². The zero-order valence-corrected chi connectivity index (χ0v) is 13.4. The third-order valence-electron chi connectivity index (χ3n) is 4.62. The van der Waals surface area contributed by atoms with Crippen LogP contribution in [0.5, 0.6) is 0 Å². The zero-order valence-electron chi connectivity index (χ0n) is 13.4. The number of hydrogen-bond acceptors (Lipinski definition) is 4. The molecule has 24 heavy (non-hydrogen) atoms. The number of anilines is 1. The van der Waals surface area contributed by atoms with Gasteiger partial charge in [0.1, 0.15) is 6.26 Å². The molecule has 2 heterocycles. The van der Waals surface area contributed by atoms with Crippen molar-refractivity contribution < 1.29 is 13.9 Å². The number of carbonyl (C=O) groups is 1. The number of aromatic nitrogens is 1. The maximum Gasteiger partial charge on any atom is 0.319 e. The topological polar surface area (TPSA) is 76.4 Å². The van der Waals surface area contributed by atoms with E-state index in [-0.39, 0.29) is 12.1 Å². The maximum absolute atomic E-state index is 12.2. The summed E-state index contributed by atoms with van der Waals surface area (Å²) in [5.74, 6) is 1.28. The molecule has 2 N–H and O–H groups in total. The second-order valence-electron chi connectivity index (χ2n) is 6.48. The van der Waals surface area contributed by atoms with Crippen molar-refractivity contribution in [1.82, 2.24) is 10.3 Å². The van der Waals surface area contributed by atoms with Gasteiger partial charge < -0.3 is 19.8 Å². The third kappa shape index (κ3) is 3.59. The first-order chi connectivity index (χ1) is 11.8. The number of hydrogen-bond donors (Lipinski definition) is 2. The monoisotopic (exact) mass is 327 g/mol. The van der Waals surface area contributed by atoms with Crippen LogP contribution in [0.3, 0.4) is 0 Å². The minimum Gasteiger partial charge on any atom is -0.445 e. The van der Waals surface area contributed by atoms with Gasteiger partial charge in [0.05, 0.1) is 12.3 Å². The van der Waals surface area contributed by atoms with E-state index in [1.54, 1.807) is 6.20 Å². The average molecular weight is 327 g/mol. The number of nitrogens with one attached hydrogen (secondary N) is 2. The second-order valence-corrected chi connectivity index (χ2v) is 6.48. The van der Waals surface area contributed by atoms with Gasteiger partial charge in [-0.2, -0.15) is 0 Å². The molecule has 2 aliphatic rings. The lowest BCUT2D eigenvalue weighted by Gasteiger charge is -2.30. The number of rotatable bonds is 4. The van der Waals surface area contributed by atoms with Gasteiger partial charge in [0.15, 0.2) is 0 Å². The lowest BCUT2D eigenvalue weighted by atomic mass is 10.0. The molecule has 2 amide bonds. The van der Waals surface area contributed by atoms with Crippen LogP contribution >= 0.6 is 0 Å². The summed E-state index contributed by atoms with van der Waals surface area (Å²) in [6.07, 6.45) is 7.79. The highest BCUT2D eigenvalue weighted by molar-refractivity contribution is 5.89. The van der Waals surface area contributed by atoms with E-state index in [1.807, 2.05) is 24.3 Å². The Kier molecular flexibility index (Phi) is 4.21. The Morgan fingerprint density at radius 1 is 1.17 bits per heavy atom. The largest absolute Gasteiger partial charge is 0.445 e.